The molecule has 0 saturated carbocycles. The van der Waals surface area contributed by atoms with Gasteiger partial charge in [-0.05, 0) is 83.3 Å². The van der Waals surface area contributed by atoms with Crippen LogP contribution in [0.1, 0.15) is 25.3 Å². The summed E-state index contributed by atoms with van der Waals surface area (Å²) in [4.78, 5) is 0. The fraction of sp³-hybridized carbons (Fsp3) is 0.0769. The van der Waals surface area contributed by atoms with Crippen LogP contribution in [0, 0.1) is 0 Å². The van der Waals surface area contributed by atoms with Crippen LogP contribution in [0.4, 0.5) is 0 Å². The van der Waals surface area contributed by atoms with Crippen molar-refractivity contribution in [2.24, 2.45) is 0 Å². The Morgan fingerprint density at radius 1 is 0.390 bits per heavy atom. The first-order valence-electron chi connectivity index (χ1n) is 14.4. The molecule has 2 heteroatoms. The number of fused-ring (bicyclic) bond motifs is 6. The van der Waals surface area contributed by atoms with Crippen LogP contribution in [0.3, 0.4) is 0 Å². The van der Waals surface area contributed by atoms with Gasteiger partial charge in [-0.25, -0.2) is 0 Å². The number of rotatable bonds is 4. The summed E-state index contributed by atoms with van der Waals surface area (Å²) in [5, 5.41) is 5.10. The second-order valence-electron chi connectivity index (χ2n) is 11.3. The molecule has 0 aliphatic rings. The number of nitrogens with zero attached hydrogens (tertiary/aromatic N) is 2. The summed E-state index contributed by atoms with van der Waals surface area (Å²) >= 11 is 0. The molecule has 0 atom stereocenters. The molecule has 6 aromatic carbocycles. The van der Waals surface area contributed by atoms with Crippen molar-refractivity contribution in [2.45, 2.75) is 19.8 Å². The average Bonchev–Trinajstić information content (AvgIpc) is 3.54. The number of para-hydroxylation sites is 3. The molecule has 2 aromatic heterocycles. The van der Waals surface area contributed by atoms with Crippen LogP contribution in [0.15, 0.2) is 140 Å². The molecule has 0 saturated heterocycles. The first kappa shape index (κ1) is 23.8. The highest BCUT2D eigenvalue weighted by Crippen LogP contribution is 2.38. The minimum Gasteiger partial charge on any atom is -0.309 e. The van der Waals surface area contributed by atoms with E-state index in [1.54, 1.807) is 0 Å². The zero-order valence-electron chi connectivity index (χ0n) is 23.3. The van der Waals surface area contributed by atoms with Crippen LogP contribution in [-0.4, -0.2) is 9.13 Å². The third kappa shape index (κ3) is 3.72. The maximum absolute atomic E-state index is 2.40. The first-order chi connectivity index (χ1) is 20.2. The molecular formula is C39H30N2. The lowest BCUT2D eigenvalue weighted by molar-refractivity contribution is 0.866. The second-order valence-corrected chi connectivity index (χ2v) is 11.3. The third-order valence-corrected chi connectivity index (χ3v) is 8.51. The van der Waals surface area contributed by atoms with Crippen LogP contribution in [-0.2, 0) is 0 Å². The Morgan fingerprint density at radius 2 is 0.829 bits per heavy atom. The van der Waals surface area contributed by atoms with Gasteiger partial charge in [-0.3, -0.25) is 0 Å². The van der Waals surface area contributed by atoms with Crippen molar-refractivity contribution in [2.75, 3.05) is 0 Å². The van der Waals surface area contributed by atoms with Gasteiger partial charge in [0.15, 0.2) is 0 Å². The number of hydrogen-bond donors (Lipinski definition) is 0. The predicted molar refractivity (Wildman–Crippen MR) is 175 cm³/mol. The van der Waals surface area contributed by atoms with Crippen LogP contribution in [0.25, 0.3) is 66.1 Å². The highest BCUT2D eigenvalue weighted by Gasteiger charge is 2.16. The molecule has 0 unspecified atom stereocenters. The van der Waals surface area contributed by atoms with E-state index in [4.69, 9.17) is 0 Å². The molecule has 8 aromatic rings. The van der Waals surface area contributed by atoms with E-state index in [1.807, 2.05) is 0 Å². The smallest absolute Gasteiger partial charge is 0.0541 e. The lowest BCUT2D eigenvalue weighted by atomic mass is 10.0. The maximum Gasteiger partial charge on any atom is 0.0541 e. The molecule has 0 spiro atoms. The van der Waals surface area contributed by atoms with E-state index in [0.717, 1.165) is 0 Å². The quantitative estimate of drug-likeness (QED) is 0.216. The first-order valence-corrected chi connectivity index (χ1v) is 14.4. The van der Waals surface area contributed by atoms with Gasteiger partial charge in [-0.2, -0.15) is 0 Å². The van der Waals surface area contributed by atoms with Gasteiger partial charge in [0.1, 0.15) is 0 Å². The molecule has 2 nitrogen and oxygen atoms in total. The van der Waals surface area contributed by atoms with Crippen molar-refractivity contribution < 1.29 is 0 Å². The molecule has 0 aliphatic carbocycles. The van der Waals surface area contributed by atoms with Crippen molar-refractivity contribution in [3.8, 4) is 22.5 Å². The van der Waals surface area contributed by atoms with E-state index in [0.29, 0.717) is 5.92 Å². The minimum absolute atomic E-state index is 0.517. The van der Waals surface area contributed by atoms with Crippen LogP contribution in [0.5, 0.6) is 0 Å². The van der Waals surface area contributed by atoms with Gasteiger partial charge in [-0.15, -0.1) is 0 Å². The van der Waals surface area contributed by atoms with Crippen molar-refractivity contribution in [3.63, 3.8) is 0 Å². The Kier molecular flexibility index (Phi) is 5.36. The highest BCUT2D eigenvalue weighted by atomic mass is 15.0. The molecule has 0 bridgehead atoms. The van der Waals surface area contributed by atoms with Crippen molar-refractivity contribution in [1.82, 2.24) is 9.13 Å². The summed E-state index contributed by atoms with van der Waals surface area (Å²) < 4.78 is 4.77. The lowest BCUT2D eigenvalue weighted by Gasteiger charge is -2.11. The summed E-state index contributed by atoms with van der Waals surface area (Å²) in [6, 6.07) is 51.0. The van der Waals surface area contributed by atoms with Gasteiger partial charge in [0.05, 0.1) is 22.1 Å². The molecule has 0 amide bonds. The highest BCUT2D eigenvalue weighted by molar-refractivity contribution is 6.12. The zero-order valence-corrected chi connectivity index (χ0v) is 23.3. The molecule has 8 rings (SSSR count). The standard InChI is InChI=1S/C39H30N2/c1-26(2)27-16-20-31(21-17-27)41-37-15-9-7-13-33(37)35-25-29(19-23-39(35)41)28-18-22-38-34(24-28)32-12-6-8-14-36(32)40(38)30-10-4-3-5-11-30/h3-26H,1-2H3. The molecule has 41 heavy (non-hydrogen) atoms. The SMILES string of the molecule is CC(C)c1ccc(-n2c3ccccc3c3cc(-c4ccc5c(c4)c4ccccc4n5-c4ccccc4)ccc32)cc1. The Hall–Kier alpha value is -5.08. The Balaban J connectivity index is 1.32. The lowest BCUT2D eigenvalue weighted by Crippen LogP contribution is -1.95. The zero-order chi connectivity index (χ0) is 27.5. The van der Waals surface area contributed by atoms with E-state index < -0.39 is 0 Å². The molecule has 2 heterocycles. The number of benzene rings is 6. The van der Waals surface area contributed by atoms with Gasteiger partial charge in [0, 0.05) is 32.9 Å². The van der Waals surface area contributed by atoms with Gasteiger partial charge in [-0.1, -0.05) is 92.7 Å². The third-order valence-electron chi connectivity index (χ3n) is 8.51. The molecule has 0 fully saturated rings. The fourth-order valence-electron chi connectivity index (χ4n) is 6.45. The van der Waals surface area contributed by atoms with Crippen LogP contribution < -0.4 is 0 Å². The Labute approximate surface area is 239 Å². The fourth-order valence-corrected chi connectivity index (χ4v) is 6.45. The van der Waals surface area contributed by atoms with Crippen LogP contribution in [0.2, 0.25) is 0 Å². The van der Waals surface area contributed by atoms with E-state index in [2.05, 4.69) is 163 Å². The Morgan fingerprint density at radius 3 is 1.34 bits per heavy atom. The van der Waals surface area contributed by atoms with Crippen molar-refractivity contribution >= 4 is 43.6 Å². The second kappa shape index (κ2) is 9.25. The molecule has 0 aliphatic heterocycles. The van der Waals surface area contributed by atoms with Gasteiger partial charge < -0.3 is 9.13 Å². The van der Waals surface area contributed by atoms with Crippen LogP contribution >= 0.6 is 0 Å². The molecule has 0 N–H and O–H groups in total. The largest absolute Gasteiger partial charge is 0.309 e. The summed E-state index contributed by atoms with van der Waals surface area (Å²) in [6.07, 6.45) is 0. The molecule has 0 radical (unpaired) electrons. The van der Waals surface area contributed by atoms with E-state index in [9.17, 15) is 0 Å². The van der Waals surface area contributed by atoms with E-state index in [-0.39, 0.29) is 0 Å². The van der Waals surface area contributed by atoms with Gasteiger partial charge in [0.25, 0.3) is 0 Å². The topological polar surface area (TPSA) is 9.86 Å². The van der Waals surface area contributed by atoms with E-state index >= 15 is 0 Å². The summed E-state index contributed by atoms with van der Waals surface area (Å²) in [7, 11) is 0. The molecular weight excluding hydrogens is 496 g/mol. The predicted octanol–water partition coefficient (Wildman–Crippen LogP) is 10.7. The number of hydrogen-bond acceptors (Lipinski definition) is 0. The van der Waals surface area contributed by atoms with Crippen molar-refractivity contribution in [3.05, 3.63) is 145 Å². The van der Waals surface area contributed by atoms with Gasteiger partial charge >= 0.3 is 0 Å². The summed E-state index contributed by atoms with van der Waals surface area (Å²) in [5.41, 5.74) is 11.1. The number of aromatic nitrogens is 2. The summed E-state index contributed by atoms with van der Waals surface area (Å²) in [5.74, 6) is 0.517. The Bertz CT molecular complexity index is 2210. The average molecular weight is 527 g/mol. The van der Waals surface area contributed by atoms with Crippen molar-refractivity contribution in [1.29, 1.82) is 0 Å². The minimum atomic E-state index is 0.517. The maximum atomic E-state index is 2.40. The molecule has 196 valence electrons. The normalized spacial score (nSPS) is 11.9. The summed E-state index contributed by atoms with van der Waals surface area (Å²) in [6.45, 7) is 4.49. The monoisotopic (exact) mass is 526 g/mol. The van der Waals surface area contributed by atoms with E-state index in [1.165, 1.54) is 71.7 Å². The van der Waals surface area contributed by atoms with Gasteiger partial charge in [0.2, 0.25) is 0 Å².